The topological polar surface area (TPSA) is 72.6 Å². The molecule has 120 valence electrons. The van der Waals surface area contributed by atoms with Crippen LogP contribution in [0, 0.1) is 11.8 Å². The molecule has 0 aromatic rings. The van der Waals surface area contributed by atoms with Gasteiger partial charge in [0.2, 0.25) is 10.0 Å². The Morgan fingerprint density at radius 1 is 1.40 bits per heavy atom. The van der Waals surface area contributed by atoms with E-state index in [1.165, 1.54) is 6.26 Å². The summed E-state index contributed by atoms with van der Waals surface area (Å²) >= 11 is 0. The molecule has 0 amide bonds. The van der Waals surface area contributed by atoms with Crippen molar-refractivity contribution in [2.75, 3.05) is 26.0 Å². The number of piperidine rings is 1. The third-order valence-corrected chi connectivity index (χ3v) is 5.26. The summed E-state index contributed by atoms with van der Waals surface area (Å²) in [4.78, 5) is 0. The molecular weight excluding hydrogens is 276 g/mol. The Bertz CT molecular complexity index is 384. The van der Waals surface area contributed by atoms with Crippen LogP contribution in [0.4, 0.5) is 0 Å². The van der Waals surface area contributed by atoms with Gasteiger partial charge in [-0.3, -0.25) is 0 Å². The van der Waals surface area contributed by atoms with Crippen LogP contribution >= 0.6 is 0 Å². The number of hydrogen-bond acceptors (Lipinski definition) is 4. The van der Waals surface area contributed by atoms with Gasteiger partial charge in [0, 0.05) is 25.7 Å². The molecule has 3 atom stereocenters. The lowest BCUT2D eigenvalue weighted by Crippen LogP contribution is -2.45. The first-order valence-electron chi connectivity index (χ1n) is 7.58. The van der Waals surface area contributed by atoms with Gasteiger partial charge < -0.3 is 10.5 Å². The van der Waals surface area contributed by atoms with Gasteiger partial charge in [0.25, 0.3) is 0 Å². The van der Waals surface area contributed by atoms with E-state index in [9.17, 15) is 8.42 Å². The SMILES string of the molecule is CCOC(C(C)C)C(N)CC1CCCN(S(C)(=O)=O)C1. The summed E-state index contributed by atoms with van der Waals surface area (Å²) in [5.41, 5.74) is 6.30. The Balaban J connectivity index is 2.58. The number of hydrogen-bond donors (Lipinski definition) is 1. The van der Waals surface area contributed by atoms with Gasteiger partial charge in [0.05, 0.1) is 12.4 Å². The van der Waals surface area contributed by atoms with Crippen LogP contribution in [0.2, 0.25) is 0 Å². The zero-order chi connectivity index (χ0) is 15.3. The monoisotopic (exact) mass is 306 g/mol. The van der Waals surface area contributed by atoms with Crippen molar-refractivity contribution in [3.05, 3.63) is 0 Å². The van der Waals surface area contributed by atoms with E-state index in [1.807, 2.05) is 6.92 Å². The molecule has 1 aliphatic rings. The average Bonchev–Trinajstić information content (AvgIpc) is 2.34. The molecule has 1 saturated heterocycles. The second-order valence-electron chi connectivity index (χ2n) is 6.19. The van der Waals surface area contributed by atoms with Crippen molar-refractivity contribution in [1.82, 2.24) is 4.31 Å². The standard InChI is InChI=1S/C14H30N2O3S/c1-5-19-14(11(2)3)13(15)9-12-7-6-8-16(10-12)20(4,17)18/h11-14H,5-10,15H2,1-4H3. The van der Waals surface area contributed by atoms with Crippen LogP contribution in [0.25, 0.3) is 0 Å². The predicted molar refractivity (Wildman–Crippen MR) is 82.0 cm³/mol. The minimum Gasteiger partial charge on any atom is -0.377 e. The first-order valence-corrected chi connectivity index (χ1v) is 9.42. The molecule has 0 spiro atoms. The first-order chi connectivity index (χ1) is 9.25. The third-order valence-electron chi connectivity index (χ3n) is 3.99. The maximum absolute atomic E-state index is 11.6. The Hall–Kier alpha value is -0.170. The molecule has 6 heteroatoms. The van der Waals surface area contributed by atoms with Crippen LogP contribution in [0.3, 0.4) is 0 Å². The molecule has 1 aliphatic heterocycles. The molecule has 1 fully saturated rings. The summed E-state index contributed by atoms with van der Waals surface area (Å²) in [7, 11) is -3.08. The summed E-state index contributed by atoms with van der Waals surface area (Å²) in [5, 5.41) is 0. The zero-order valence-corrected chi connectivity index (χ0v) is 14.0. The molecule has 0 aromatic heterocycles. The first kappa shape index (κ1) is 17.9. The minimum atomic E-state index is -3.08. The Labute approximate surface area is 123 Å². The summed E-state index contributed by atoms with van der Waals surface area (Å²) in [6.07, 6.45) is 4.14. The van der Waals surface area contributed by atoms with Crippen molar-refractivity contribution in [3.63, 3.8) is 0 Å². The summed E-state index contributed by atoms with van der Waals surface area (Å²) < 4.78 is 30.6. The van der Waals surface area contributed by atoms with Crippen molar-refractivity contribution < 1.29 is 13.2 Å². The second kappa shape index (κ2) is 7.73. The highest BCUT2D eigenvalue weighted by molar-refractivity contribution is 7.88. The van der Waals surface area contributed by atoms with E-state index >= 15 is 0 Å². The van der Waals surface area contributed by atoms with Crippen molar-refractivity contribution >= 4 is 10.0 Å². The number of ether oxygens (including phenoxy) is 1. The molecule has 0 aliphatic carbocycles. The lowest BCUT2D eigenvalue weighted by molar-refractivity contribution is 0.00559. The molecular formula is C14H30N2O3S. The van der Waals surface area contributed by atoms with Crippen molar-refractivity contribution in [2.24, 2.45) is 17.6 Å². The van der Waals surface area contributed by atoms with Crippen LogP contribution in [0.1, 0.15) is 40.0 Å². The van der Waals surface area contributed by atoms with Crippen molar-refractivity contribution in [1.29, 1.82) is 0 Å². The van der Waals surface area contributed by atoms with E-state index in [0.29, 0.717) is 31.5 Å². The highest BCUT2D eigenvalue weighted by atomic mass is 32.2. The van der Waals surface area contributed by atoms with Gasteiger partial charge in [-0.25, -0.2) is 12.7 Å². The smallest absolute Gasteiger partial charge is 0.211 e. The molecule has 0 bridgehead atoms. The maximum atomic E-state index is 11.6. The summed E-state index contributed by atoms with van der Waals surface area (Å²) in [5.74, 6) is 0.717. The van der Waals surface area contributed by atoms with Gasteiger partial charge in [-0.05, 0) is 38.0 Å². The van der Waals surface area contributed by atoms with Crippen LogP contribution in [-0.2, 0) is 14.8 Å². The van der Waals surface area contributed by atoms with Crippen molar-refractivity contribution in [3.8, 4) is 0 Å². The molecule has 2 N–H and O–H groups in total. The molecule has 1 heterocycles. The van der Waals surface area contributed by atoms with E-state index in [4.69, 9.17) is 10.5 Å². The van der Waals surface area contributed by atoms with Crippen LogP contribution < -0.4 is 5.73 Å². The lowest BCUT2D eigenvalue weighted by Gasteiger charge is -2.35. The highest BCUT2D eigenvalue weighted by Crippen LogP contribution is 2.25. The fourth-order valence-electron chi connectivity index (χ4n) is 3.04. The highest BCUT2D eigenvalue weighted by Gasteiger charge is 2.30. The summed E-state index contributed by atoms with van der Waals surface area (Å²) in [6, 6.07) is -0.0283. The maximum Gasteiger partial charge on any atom is 0.211 e. The molecule has 0 radical (unpaired) electrons. The van der Waals surface area contributed by atoms with E-state index < -0.39 is 10.0 Å². The second-order valence-corrected chi connectivity index (χ2v) is 8.18. The Kier molecular flexibility index (Phi) is 6.91. The van der Waals surface area contributed by atoms with E-state index in [1.54, 1.807) is 4.31 Å². The average molecular weight is 306 g/mol. The predicted octanol–water partition coefficient (Wildman–Crippen LogP) is 1.44. The van der Waals surface area contributed by atoms with E-state index in [0.717, 1.165) is 19.3 Å². The quantitative estimate of drug-likeness (QED) is 0.772. The van der Waals surface area contributed by atoms with Crippen LogP contribution in [0.5, 0.6) is 0 Å². The van der Waals surface area contributed by atoms with Gasteiger partial charge >= 0.3 is 0 Å². The molecule has 5 nitrogen and oxygen atoms in total. The van der Waals surface area contributed by atoms with Gasteiger partial charge in [0.1, 0.15) is 0 Å². The fourth-order valence-corrected chi connectivity index (χ4v) is 3.98. The van der Waals surface area contributed by atoms with E-state index in [-0.39, 0.29) is 12.1 Å². The minimum absolute atomic E-state index is 0.0283. The molecule has 3 unspecified atom stereocenters. The molecule has 0 saturated carbocycles. The zero-order valence-electron chi connectivity index (χ0n) is 13.2. The van der Waals surface area contributed by atoms with Gasteiger partial charge in [-0.2, -0.15) is 0 Å². The number of rotatable bonds is 7. The fraction of sp³-hybridized carbons (Fsp3) is 1.00. The van der Waals surface area contributed by atoms with Gasteiger partial charge in [0.15, 0.2) is 0 Å². The van der Waals surface area contributed by atoms with Crippen molar-refractivity contribution in [2.45, 2.75) is 52.2 Å². The van der Waals surface area contributed by atoms with Crippen LogP contribution in [-0.4, -0.2) is 50.8 Å². The normalized spacial score (nSPS) is 24.8. The van der Waals surface area contributed by atoms with Gasteiger partial charge in [-0.15, -0.1) is 0 Å². The van der Waals surface area contributed by atoms with Gasteiger partial charge in [-0.1, -0.05) is 13.8 Å². The van der Waals surface area contributed by atoms with E-state index in [2.05, 4.69) is 13.8 Å². The number of nitrogens with zero attached hydrogens (tertiary/aromatic N) is 1. The third kappa shape index (κ3) is 5.31. The van der Waals surface area contributed by atoms with Crippen LogP contribution in [0.15, 0.2) is 0 Å². The lowest BCUT2D eigenvalue weighted by atomic mass is 9.88. The molecule has 0 aromatic carbocycles. The molecule has 20 heavy (non-hydrogen) atoms. The Morgan fingerprint density at radius 2 is 2.05 bits per heavy atom. The number of nitrogens with two attached hydrogens (primary N) is 1. The summed E-state index contributed by atoms with van der Waals surface area (Å²) in [6.45, 7) is 8.12. The molecule has 1 rings (SSSR count). The Morgan fingerprint density at radius 3 is 2.55 bits per heavy atom. The largest absolute Gasteiger partial charge is 0.377 e. The number of sulfonamides is 1.